The largest absolute Gasteiger partial charge is 0.396 e. The first-order chi connectivity index (χ1) is 15.6. The van der Waals surface area contributed by atoms with Crippen molar-refractivity contribution >= 4 is 0 Å². The first-order valence-electron chi connectivity index (χ1n) is 14.2. The average molecular weight is 461 g/mol. The predicted octanol–water partition coefficient (Wildman–Crippen LogP) is 7.30. The normalized spacial score (nSPS) is 12.9. The summed E-state index contributed by atoms with van der Waals surface area (Å²) >= 11 is 0. The molecular formula is C28H60O4. The van der Waals surface area contributed by atoms with Gasteiger partial charge >= 0.3 is 0 Å². The summed E-state index contributed by atoms with van der Waals surface area (Å²) in [6.07, 6.45) is 25.0. The third kappa shape index (κ3) is 32.0. The Hall–Kier alpha value is -0.160. The fourth-order valence-corrected chi connectivity index (χ4v) is 3.95. The maximum absolute atomic E-state index is 9.69. The molecule has 4 heteroatoms. The lowest BCUT2D eigenvalue weighted by Crippen LogP contribution is -2.06. The van der Waals surface area contributed by atoms with E-state index < -0.39 is 0 Å². The summed E-state index contributed by atoms with van der Waals surface area (Å²) in [4.78, 5) is 0. The van der Waals surface area contributed by atoms with Crippen LogP contribution < -0.4 is 0 Å². The zero-order valence-corrected chi connectivity index (χ0v) is 21.9. The summed E-state index contributed by atoms with van der Waals surface area (Å²) in [5.41, 5.74) is 0. The molecule has 4 nitrogen and oxygen atoms in total. The van der Waals surface area contributed by atoms with Crippen LogP contribution >= 0.6 is 0 Å². The van der Waals surface area contributed by atoms with Gasteiger partial charge in [0.05, 0.1) is 12.2 Å². The number of aliphatic hydroxyl groups is 4. The van der Waals surface area contributed by atoms with Crippen LogP contribution in [0.1, 0.15) is 155 Å². The summed E-state index contributed by atoms with van der Waals surface area (Å²) in [7, 11) is 0. The van der Waals surface area contributed by atoms with Crippen molar-refractivity contribution in [3.05, 3.63) is 0 Å². The molecule has 0 bridgehead atoms. The Morgan fingerprint density at radius 1 is 0.375 bits per heavy atom. The van der Waals surface area contributed by atoms with Gasteiger partial charge < -0.3 is 20.4 Å². The summed E-state index contributed by atoms with van der Waals surface area (Å²) in [6, 6.07) is 0. The van der Waals surface area contributed by atoms with Crippen molar-refractivity contribution in [3.63, 3.8) is 0 Å². The van der Waals surface area contributed by atoms with Crippen LogP contribution in [-0.2, 0) is 0 Å². The summed E-state index contributed by atoms with van der Waals surface area (Å²) in [5.74, 6) is 0. The highest BCUT2D eigenvalue weighted by atomic mass is 16.3. The van der Waals surface area contributed by atoms with E-state index >= 15 is 0 Å². The molecule has 0 aromatic carbocycles. The number of aliphatic hydroxyl groups excluding tert-OH is 4. The van der Waals surface area contributed by atoms with Crippen LogP contribution in [0.4, 0.5) is 0 Å². The lowest BCUT2D eigenvalue weighted by atomic mass is 10.0. The molecule has 4 N–H and O–H groups in total. The Balaban J connectivity index is 0. The van der Waals surface area contributed by atoms with Gasteiger partial charge in [0.25, 0.3) is 0 Å². The van der Waals surface area contributed by atoms with Crippen LogP contribution in [0.2, 0.25) is 0 Å². The number of unbranched alkanes of at least 4 members (excludes halogenated alkanes) is 14. The minimum atomic E-state index is -0.107. The minimum Gasteiger partial charge on any atom is -0.396 e. The van der Waals surface area contributed by atoms with Crippen molar-refractivity contribution in [2.75, 3.05) is 13.2 Å². The lowest BCUT2D eigenvalue weighted by Gasteiger charge is -2.09. The third-order valence-electron chi connectivity index (χ3n) is 6.17. The fraction of sp³-hybridized carbons (Fsp3) is 1.00. The molecule has 2 unspecified atom stereocenters. The number of rotatable bonds is 24. The monoisotopic (exact) mass is 460 g/mol. The van der Waals surface area contributed by atoms with Gasteiger partial charge in [0.1, 0.15) is 0 Å². The van der Waals surface area contributed by atoms with Crippen LogP contribution in [0.15, 0.2) is 0 Å². The lowest BCUT2D eigenvalue weighted by molar-refractivity contribution is 0.146. The number of hydrogen-bond acceptors (Lipinski definition) is 4. The first kappa shape index (κ1) is 34.0. The highest BCUT2D eigenvalue weighted by molar-refractivity contribution is 4.58. The maximum Gasteiger partial charge on any atom is 0.0540 e. The van der Waals surface area contributed by atoms with Crippen LogP contribution in [0.5, 0.6) is 0 Å². The molecule has 0 aliphatic heterocycles. The van der Waals surface area contributed by atoms with E-state index in [9.17, 15) is 10.2 Å². The van der Waals surface area contributed by atoms with Gasteiger partial charge in [0.15, 0.2) is 0 Å². The molecule has 0 rings (SSSR count). The van der Waals surface area contributed by atoms with E-state index in [0.29, 0.717) is 0 Å². The molecule has 0 saturated carbocycles. The molecule has 0 heterocycles. The Bertz CT molecular complexity index is 282. The molecule has 0 aromatic rings. The Morgan fingerprint density at radius 3 is 0.906 bits per heavy atom. The quantitative estimate of drug-likeness (QED) is 0.114. The van der Waals surface area contributed by atoms with Crippen LogP contribution in [0, 0.1) is 0 Å². The van der Waals surface area contributed by atoms with Crippen molar-refractivity contribution in [2.45, 2.75) is 167 Å². The second-order valence-corrected chi connectivity index (χ2v) is 9.57. The van der Waals surface area contributed by atoms with Gasteiger partial charge in [-0.25, -0.2) is 0 Å². The Morgan fingerprint density at radius 2 is 0.625 bits per heavy atom. The third-order valence-corrected chi connectivity index (χ3v) is 6.17. The van der Waals surface area contributed by atoms with Gasteiger partial charge in [-0.1, -0.05) is 117 Å². The summed E-state index contributed by atoms with van der Waals surface area (Å²) in [6.45, 7) is 5.04. The van der Waals surface area contributed by atoms with E-state index in [1.54, 1.807) is 0 Å². The van der Waals surface area contributed by atoms with Gasteiger partial charge in [-0.05, 0) is 38.5 Å². The molecule has 0 aliphatic carbocycles. The van der Waals surface area contributed by atoms with Crippen molar-refractivity contribution < 1.29 is 20.4 Å². The van der Waals surface area contributed by atoms with Crippen molar-refractivity contribution in [2.24, 2.45) is 0 Å². The molecule has 0 saturated heterocycles. The van der Waals surface area contributed by atoms with Crippen molar-refractivity contribution in [3.8, 4) is 0 Å². The highest BCUT2D eigenvalue weighted by Gasteiger charge is 2.04. The van der Waals surface area contributed by atoms with Gasteiger partial charge in [-0.3, -0.25) is 0 Å². The number of hydrogen-bond donors (Lipinski definition) is 4. The van der Waals surface area contributed by atoms with E-state index in [0.717, 1.165) is 64.2 Å². The molecule has 32 heavy (non-hydrogen) atoms. The molecule has 0 aromatic heterocycles. The molecule has 0 radical (unpaired) electrons. The smallest absolute Gasteiger partial charge is 0.0540 e. The molecule has 0 aliphatic rings. The fourth-order valence-electron chi connectivity index (χ4n) is 3.95. The second kappa shape index (κ2) is 30.8. The van der Waals surface area contributed by atoms with Crippen molar-refractivity contribution in [1.29, 1.82) is 0 Å². The van der Waals surface area contributed by atoms with E-state index in [2.05, 4.69) is 13.8 Å². The molecule has 0 fully saturated rings. The molecule has 0 spiro atoms. The second-order valence-electron chi connectivity index (χ2n) is 9.57. The highest BCUT2D eigenvalue weighted by Crippen LogP contribution is 2.13. The van der Waals surface area contributed by atoms with Gasteiger partial charge in [0.2, 0.25) is 0 Å². The van der Waals surface area contributed by atoms with Gasteiger partial charge in [-0.15, -0.1) is 0 Å². The molecule has 196 valence electrons. The van der Waals surface area contributed by atoms with E-state index in [-0.39, 0.29) is 25.4 Å². The van der Waals surface area contributed by atoms with Crippen molar-refractivity contribution in [1.82, 2.24) is 0 Å². The minimum absolute atomic E-state index is 0.107. The zero-order valence-electron chi connectivity index (χ0n) is 21.9. The SMILES string of the molecule is CCCCCCCCC(O)CCCCCO.CCCCCCCCC(O)CCCCCO. The summed E-state index contributed by atoms with van der Waals surface area (Å²) < 4.78 is 0. The van der Waals surface area contributed by atoms with E-state index in [1.165, 1.54) is 77.0 Å². The van der Waals surface area contributed by atoms with E-state index in [1.807, 2.05) is 0 Å². The average Bonchev–Trinajstić information content (AvgIpc) is 2.79. The zero-order chi connectivity index (χ0) is 24.1. The molecule has 0 amide bonds. The molecular weight excluding hydrogens is 400 g/mol. The maximum atomic E-state index is 9.69. The van der Waals surface area contributed by atoms with E-state index in [4.69, 9.17) is 10.2 Å². The first-order valence-corrected chi connectivity index (χ1v) is 14.2. The van der Waals surface area contributed by atoms with Gasteiger partial charge in [0, 0.05) is 13.2 Å². The Kier molecular flexibility index (Phi) is 32.8. The molecule has 2 atom stereocenters. The predicted molar refractivity (Wildman–Crippen MR) is 139 cm³/mol. The Labute approximate surface area is 201 Å². The standard InChI is InChI=1S/2C14H30O2/c2*1-2-3-4-5-6-8-11-14(16)12-9-7-10-13-15/h2*14-16H,2-13H2,1H3. The summed E-state index contributed by atoms with van der Waals surface area (Å²) in [5, 5.41) is 36.6. The van der Waals surface area contributed by atoms with Crippen LogP contribution in [0.25, 0.3) is 0 Å². The van der Waals surface area contributed by atoms with Crippen LogP contribution in [-0.4, -0.2) is 45.8 Å². The van der Waals surface area contributed by atoms with Crippen LogP contribution in [0.3, 0.4) is 0 Å². The van der Waals surface area contributed by atoms with Gasteiger partial charge in [-0.2, -0.15) is 0 Å². The topological polar surface area (TPSA) is 80.9 Å².